The van der Waals surface area contributed by atoms with Crippen LogP contribution < -0.4 is 20.5 Å². The third-order valence-electron chi connectivity index (χ3n) is 5.81. The van der Waals surface area contributed by atoms with E-state index in [1.807, 2.05) is 12.1 Å². The van der Waals surface area contributed by atoms with Gasteiger partial charge in [-0.15, -0.1) is 0 Å². The summed E-state index contributed by atoms with van der Waals surface area (Å²) in [5.41, 5.74) is 6.74. The van der Waals surface area contributed by atoms with Gasteiger partial charge in [0.15, 0.2) is 11.6 Å². The van der Waals surface area contributed by atoms with Crippen LogP contribution in [-0.4, -0.2) is 28.8 Å². The fourth-order valence-corrected chi connectivity index (χ4v) is 4.55. The van der Waals surface area contributed by atoms with E-state index in [0.29, 0.717) is 24.3 Å². The number of carbonyl (C=O) groups excluding carboxylic acids is 2. The minimum absolute atomic E-state index is 0.0429. The van der Waals surface area contributed by atoms with E-state index in [-0.39, 0.29) is 41.2 Å². The summed E-state index contributed by atoms with van der Waals surface area (Å²) in [5, 5.41) is 2.86. The number of hydrogen-bond donors (Lipinski definition) is 2. The van der Waals surface area contributed by atoms with E-state index < -0.39 is 0 Å². The number of nitrogens with two attached hydrogens (primary N) is 1. The SMILES string of the molecule is COc1cc(C(C)C)c(Oc2cnc(N)nc2NC(=O)C2CCC(C(C)=O)CC2)cc1I. The molecule has 0 aliphatic heterocycles. The standard InChI is InChI=1S/C23H29IN4O4/c1-12(2)16-9-19(31-4)17(24)10-18(16)32-20-11-26-23(25)28-21(20)27-22(30)15-7-5-14(6-8-15)13(3)29/h9-12,14-15H,5-8H2,1-4H3,(H3,25,26,27,28,30). The molecule has 32 heavy (non-hydrogen) atoms. The maximum atomic E-state index is 12.9. The first-order valence-corrected chi connectivity index (χ1v) is 11.8. The van der Waals surface area contributed by atoms with Crippen molar-refractivity contribution in [3.8, 4) is 17.2 Å². The normalized spacial score (nSPS) is 18.3. The van der Waals surface area contributed by atoms with E-state index in [0.717, 1.165) is 27.7 Å². The molecular weight excluding hydrogens is 523 g/mol. The highest BCUT2D eigenvalue weighted by Gasteiger charge is 2.29. The third-order valence-corrected chi connectivity index (χ3v) is 6.66. The molecule has 0 bridgehead atoms. The van der Waals surface area contributed by atoms with Gasteiger partial charge in [-0.1, -0.05) is 13.8 Å². The Kier molecular flexibility index (Phi) is 7.91. The van der Waals surface area contributed by atoms with Gasteiger partial charge in [-0.3, -0.25) is 9.59 Å². The Bertz CT molecular complexity index is 1000. The van der Waals surface area contributed by atoms with E-state index >= 15 is 0 Å². The van der Waals surface area contributed by atoms with Crippen LogP contribution in [0.3, 0.4) is 0 Å². The van der Waals surface area contributed by atoms with Crippen LogP contribution >= 0.6 is 22.6 Å². The van der Waals surface area contributed by atoms with Crippen LogP contribution in [-0.2, 0) is 9.59 Å². The first-order chi connectivity index (χ1) is 15.2. The zero-order valence-electron chi connectivity index (χ0n) is 18.8. The fourth-order valence-electron chi connectivity index (χ4n) is 3.89. The van der Waals surface area contributed by atoms with E-state index in [1.54, 1.807) is 14.0 Å². The van der Waals surface area contributed by atoms with Gasteiger partial charge >= 0.3 is 0 Å². The van der Waals surface area contributed by atoms with Crippen LogP contribution in [0.5, 0.6) is 17.2 Å². The Hall–Kier alpha value is -2.43. The molecule has 0 spiro atoms. The predicted octanol–water partition coefficient (Wildman–Crippen LogP) is 4.92. The summed E-state index contributed by atoms with van der Waals surface area (Å²) in [7, 11) is 1.63. The van der Waals surface area contributed by atoms with Gasteiger partial charge in [0.25, 0.3) is 0 Å². The molecule has 8 nitrogen and oxygen atoms in total. The quantitative estimate of drug-likeness (QED) is 0.469. The van der Waals surface area contributed by atoms with Gasteiger partial charge in [0.1, 0.15) is 17.3 Å². The molecule has 1 aliphatic carbocycles. The molecule has 9 heteroatoms. The zero-order chi connectivity index (χ0) is 23.4. The predicted molar refractivity (Wildman–Crippen MR) is 131 cm³/mol. The number of ether oxygens (including phenoxy) is 2. The number of hydrogen-bond acceptors (Lipinski definition) is 7. The average molecular weight is 552 g/mol. The second kappa shape index (κ2) is 10.5. The lowest BCUT2D eigenvalue weighted by Gasteiger charge is -2.26. The fraction of sp³-hybridized carbons (Fsp3) is 0.478. The lowest BCUT2D eigenvalue weighted by atomic mass is 9.80. The Balaban J connectivity index is 1.83. The van der Waals surface area contributed by atoms with Crippen molar-refractivity contribution in [3.05, 3.63) is 27.5 Å². The van der Waals surface area contributed by atoms with Gasteiger partial charge in [0.2, 0.25) is 11.9 Å². The number of ketones is 1. The highest BCUT2D eigenvalue weighted by atomic mass is 127. The first kappa shape index (κ1) is 24.2. The number of rotatable bonds is 7. The van der Waals surface area contributed by atoms with E-state index in [9.17, 15) is 9.59 Å². The molecule has 1 aromatic heterocycles. The Labute approximate surface area is 201 Å². The molecule has 3 rings (SSSR count). The van der Waals surface area contributed by atoms with Crippen molar-refractivity contribution >= 4 is 46.0 Å². The van der Waals surface area contributed by atoms with E-state index in [4.69, 9.17) is 15.2 Å². The monoisotopic (exact) mass is 552 g/mol. The summed E-state index contributed by atoms with van der Waals surface area (Å²) in [6.07, 6.45) is 4.25. The number of nitrogens with one attached hydrogen (secondary N) is 1. The van der Waals surface area contributed by atoms with Crippen LogP contribution in [0.1, 0.15) is 57.9 Å². The number of halogens is 1. The number of aromatic nitrogens is 2. The van der Waals surface area contributed by atoms with Gasteiger partial charge in [-0.05, 0) is 73.2 Å². The minimum atomic E-state index is -0.178. The Morgan fingerprint density at radius 3 is 2.38 bits per heavy atom. The van der Waals surface area contributed by atoms with Crippen molar-refractivity contribution in [2.75, 3.05) is 18.2 Å². The van der Waals surface area contributed by atoms with Gasteiger partial charge in [-0.2, -0.15) is 4.98 Å². The lowest BCUT2D eigenvalue weighted by Crippen LogP contribution is -2.29. The van der Waals surface area contributed by atoms with Crippen molar-refractivity contribution < 1.29 is 19.1 Å². The molecule has 1 aromatic carbocycles. The molecule has 1 saturated carbocycles. The van der Waals surface area contributed by atoms with Crippen LogP contribution in [0, 0.1) is 15.4 Å². The Morgan fingerprint density at radius 1 is 1.12 bits per heavy atom. The molecule has 2 aromatic rings. The number of benzene rings is 1. The molecule has 1 aliphatic rings. The molecular formula is C23H29IN4O4. The topological polar surface area (TPSA) is 116 Å². The summed E-state index contributed by atoms with van der Waals surface area (Å²) in [6, 6.07) is 3.84. The molecule has 1 amide bonds. The van der Waals surface area contributed by atoms with Gasteiger partial charge < -0.3 is 20.5 Å². The summed E-state index contributed by atoms with van der Waals surface area (Å²) in [5.74, 6) is 2.09. The first-order valence-electron chi connectivity index (χ1n) is 10.7. The maximum Gasteiger partial charge on any atom is 0.228 e. The highest BCUT2D eigenvalue weighted by molar-refractivity contribution is 14.1. The van der Waals surface area contributed by atoms with Crippen LogP contribution in [0.15, 0.2) is 18.3 Å². The number of carbonyl (C=O) groups is 2. The average Bonchev–Trinajstić information content (AvgIpc) is 2.75. The number of methoxy groups -OCH3 is 1. The van der Waals surface area contributed by atoms with Crippen molar-refractivity contribution in [1.82, 2.24) is 9.97 Å². The zero-order valence-corrected chi connectivity index (χ0v) is 20.9. The molecule has 0 atom stereocenters. The van der Waals surface area contributed by atoms with Crippen LogP contribution in [0.4, 0.5) is 11.8 Å². The minimum Gasteiger partial charge on any atom is -0.496 e. The molecule has 0 saturated heterocycles. The number of anilines is 2. The van der Waals surface area contributed by atoms with Gasteiger partial charge in [-0.25, -0.2) is 4.98 Å². The van der Waals surface area contributed by atoms with Crippen molar-refractivity contribution in [3.63, 3.8) is 0 Å². The summed E-state index contributed by atoms with van der Waals surface area (Å²) < 4.78 is 12.5. The maximum absolute atomic E-state index is 12.9. The summed E-state index contributed by atoms with van der Waals surface area (Å²) >= 11 is 2.19. The molecule has 1 heterocycles. The van der Waals surface area contributed by atoms with Crippen LogP contribution in [0.2, 0.25) is 0 Å². The molecule has 1 fully saturated rings. The molecule has 3 N–H and O–H groups in total. The Morgan fingerprint density at radius 2 is 1.78 bits per heavy atom. The smallest absolute Gasteiger partial charge is 0.228 e. The van der Waals surface area contributed by atoms with Gasteiger partial charge in [0.05, 0.1) is 16.9 Å². The van der Waals surface area contributed by atoms with E-state index in [2.05, 4.69) is 51.7 Å². The third kappa shape index (κ3) is 5.67. The second-order valence-corrected chi connectivity index (χ2v) is 9.53. The largest absolute Gasteiger partial charge is 0.496 e. The van der Waals surface area contributed by atoms with E-state index in [1.165, 1.54) is 6.20 Å². The summed E-state index contributed by atoms with van der Waals surface area (Å²) in [4.78, 5) is 32.8. The van der Waals surface area contributed by atoms with Crippen LogP contribution in [0.25, 0.3) is 0 Å². The highest BCUT2D eigenvalue weighted by Crippen LogP contribution is 2.38. The van der Waals surface area contributed by atoms with Crippen molar-refractivity contribution in [1.29, 1.82) is 0 Å². The molecule has 172 valence electrons. The number of amides is 1. The second-order valence-electron chi connectivity index (χ2n) is 8.37. The molecule has 0 radical (unpaired) electrons. The molecule has 0 unspecified atom stereocenters. The summed E-state index contributed by atoms with van der Waals surface area (Å²) in [6.45, 7) is 5.74. The van der Waals surface area contributed by atoms with Crippen molar-refractivity contribution in [2.24, 2.45) is 11.8 Å². The van der Waals surface area contributed by atoms with Crippen molar-refractivity contribution in [2.45, 2.75) is 52.4 Å². The number of nitrogens with zero attached hydrogens (tertiary/aromatic N) is 2. The number of nitrogen functional groups attached to an aromatic ring is 1. The lowest BCUT2D eigenvalue weighted by molar-refractivity contribution is -0.125. The van der Waals surface area contributed by atoms with Gasteiger partial charge in [0, 0.05) is 17.4 Å². The number of Topliss-reactive ketones (excluding diaryl/α,β-unsaturated/α-hetero) is 1.